The average molecular weight is 762 g/mol. The van der Waals surface area contributed by atoms with Crippen LogP contribution in [-0.4, -0.2) is 53.9 Å². The van der Waals surface area contributed by atoms with E-state index in [1.165, 1.54) is 148 Å². The first-order chi connectivity index (χ1) is 25.2. The van der Waals surface area contributed by atoms with Crippen molar-refractivity contribution in [2.24, 2.45) is 5.73 Å². The van der Waals surface area contributed by atoms with Crippen LogP contribution in [0.3, 0.4) is 0 Å². The number of phosphoric acid groups is 1. The Morgan fingerprint density at radius 2 is 0.981 bits per heavy atom. The summed E-state index contributed by atoms with van der Waals surface area (Å²) in [5.41, 5.74) is 5.34. The number of esters is 1. The molecule has 4 N–H and O–H groups in total. The maximum Gasteiger partial charge on any atom is 0.472 e. The summed E-state index contributed by atoms with van der Waals surface area (Å²) in [5.74, 6) is -1.80. The quantitative estimate of drug-likeness (QED) is 0.0237. The lowest BCUT2D eigenvalue weighted by atomic mass is 10.0. The van der Waals surface area contributed by atoms with E-state index >= 15 is 0 Å². The Labute approximate surface area is 318 Å². The highest BCUT2D eigenvalue weighted by Gasteiger charge is 2.27. The fraction of sp³-hybridized carbons (Fsp3) is 0.902. The van der Waals surface area contributed by atoms with Gasteiger partial charge in [-0.15, -0.1) is 0 Å². The highest BCUT2D eigenvalue weighted by atomic mass is 31.2. The molecule has 3 atom stereocenters. The van der Waals surface area contributed by atoms with Crippen LogP contribution in [0.4, 0.5) is 0 Å². The number of hydrogen-bond donors (Lipinski definition) is 3. The molecule has 0 saturated carbocycles. The molecular weight excluding hydrogens is 681 g/mol. The molecule has 0 aliphatic rings. The molecule has 0 aliphatic carbocycles. The molecule has 0 aromatic carbocycles. The number of rotatable bonds is 41. The lowest BCUT2D eigenvalue weighted by Crippen LogP contribution is -2.34. The van der Waals surface area contributed by atoms with Gasteiger partial charge in [0.25, 0.3) is 0 Å². The van der Waals surface area contributed by atoms with E-state index in [1.807, 2.05) is 6.08 Å². The van der Waals surface area contributed by atoms with Gasteiger partial charge in [-0.25, -0.2) is 4.57 Å². The van der Waals surface area contributed by atoms with E-state index in [0.29, 0.717) is 6.42 Å². The molecule has 0 aromatic heterocycles. The maximum atomic E-state index is 12.6. The normalized spacial score (nSPS) is 14.0. The number of ether oxygens (including phenoxy) is 2. The Kier molecular flexibility index (Phi) is 36.8. The van der Waals surface area contributed by atoms with Crippen LogP contribution in [-0.2, 0) is 32.7 Å². The molecular formula is C41H80NO9P. The number of allylic oxidation sites excluding steroid dienone is 1. The van der Waals surface area contributed by atoms with Gasteiger partial charge in [0.2, 0.25) is 0 Å². The zero-order valence-corrected chi connectivity index (χ0v) is 34.3. The maximum absolute atomic E-state index is 12.6. The third-order valence-electron chi connectivity index (χ3n) is 9.39. The summed E-state index contributed by atoms with van der Waals surface area (Å²) in [6, 6.07) is -1.48. The van der Waals surface area contributed by atoms with Crippen molar-refractivity contribution in [2.75, 3.05) is 19.8 Å². The molecule has 1 unspecified atom stereocenters. The van der Waals surface area contributed by atoms with Gasteiger partial charge in [-0.05, 0) is 25.3 Å². The first kappa shape index (κ1) is 50.5. The minimum atomic E-state index is -4.62. The first-order valence-electron chi connectivity index (χ1n) is 21.3. The Bertz CT molecular complexity index is 888. The minimum Gasteiger partial charge on any atom is -0.498 e. The van der Waals surface area contributed by atoms with E-state index in [9.17, 15) is 19.0 Å². The van der Waals surface area contributed by atoms with Crippen LogP contribution in [0.25, 0.3) is 0 Å². The lowest BCUT2D eigenvalue weighted by Gasteiger charge is -2.20. The Hall–Kier alpha value is -1.45. The molecule has 52 heavy (non-hydrogen) atoms. The Balaban J connectivity index is 4.24. The van der Waals surface area contributed by atoms with Crippen molar-refractivity contribution in [3.63, 3.8) is 0 Å². The van der Waals surface area contributed by atoms with Gasteiger partial charge in [-0.2, -0.15) is 0 Å². The molecule has 0 saturated heterocycles. The van der Waals surface area contributed by atoms with Gasteiger partial charge in [-0.1, -0.05) is 181 Å². The second kappa shape index (κ2) is 37.8. The summed E-state index contributed by atoms with van der Waals surface area (Å²) in [6.07, 6.45) is 39.2. The number of aliphatic carboxylic acids is 1. The van der Waals surface area contributed by atoms with Gasteiger partial charge >= 0.3 is 19.8 Å². The van der Waals surface area contributed by atoms with Gasteiger partial charge < -0.3 is 25.2 Å². The van der Waals surface area contributed by atoms with Crippen molar-refractivity contribution in [3.8, 4) is 0 Å². The van der Waals surface area contributed by atoms with Gasteiger partial charge in [-0.3, -0.25) is 18.6 Å². The Morgan fingerprint density at radius 1 is 0.596 bits per heavy atom. The summed E-state index contributed by atoms with van der Waals surface area (Å²) >= 11 is 0. The van der Waals surface area contributed by atoms with E-state index < -0.39 is 45.1 Å². The van der Waals surface area contributed by atoms with Crippen LogP contribution >= 0.6 is 7.82 Å². The standard InChI is InChI=1S/C41H80NO9P/c1-3-5-7-9-11-13-15-17-18-19-20-21-22-24-26-28-30-32-34-48-35-38(36-49-52(46,47)50-37-39(42)41(44)45)51-40(43)33-31-29-27-25-23-16-14-12-10-8-6-4-2/h32,34,38-39H,3-31,33,35-37,42H2,1-2H3,(H,44,45)(H,46,47)/b34-32-/t38-,39+/m1/s1. The van der Waals surface area contributed by atoms with E-state index in [4.69, 9.17) is 29.4 Å². The smallest absolute Gasteiger partial charge is 0.472 e. The van der Waals surface area contributed by atoms with Crippen LogP contribution < -0.4 is 5.73 Å². The number of carboxylic acids is 1. The molecule has 10 nitrogen and oxygen atoms in total. The number of carboxylic acid groups (broad SMARTS) is 1. The van der Waals surface area contributed by atoms with Gasteiger partial charge in [0.05, 0.1) is 19.5 Å². The summed E-state index contributed by atoms with van der Waals surface area (Å²) < 4.78 is 33.0. The molecule has 0 amide bonds. The zero-order valence-electron chi connectivity index (χ0n) is 33.4. The molecule has 0 rings (SSSR count). The number of carbonyl (C=O) groups excluding carboxylic acids is 1. The summed E-state index contributed by atoms with van der Waals surface area (Å²) in [4.78, 5) is 33.4. The summed E-state index contributed by atoms with van der Waals surface area (Å²) in [6.45, 7) is 3.29. The van der Waals surface area contributed by atoms with Gasteiger partial charge in [0.1, 0.15) is 12.6 Å². The zero-order chi connectivity index (χ0) is 38.4. The fourth-order valence-corrected chi connectivity index (χ4v) is 6.82. The minimum absolute atomic E-state index is 0.0612. The third-order valence-corrected chi connectivity index (χ3v) is 10.3. The SMILES string of the molecule is CCCCCCCCCCCCCCCCCC/C=C\OC[C@H](COP(=O)(O)OC[C@H](N)C(=O)O)OC(=O)CCCCCCCCCCCCCC. The largest absolute Gasteiger partial charge is 0.498 e. The van der Waals surface area contributed by atoms with Crippen molar-refractivity contribution in [1.29, 1.82) is 0 Å². The number of unbranched alkanes of at least 4 members (excludes halogenated alkanes) is 27. The van der Waals surface area contributed by atoms with Crippen LogP contribution in [0.5, 0.6) is 0 Å². The van der Waals surface area contributed by atoms with Crippen molar-refractivity contribution >= 4 is 19.8 Å². The van der Waals surface area contributed by atoms with Crippen LogP contribution in [0.15, 0.2) is 12.3 Å². The van der Waals surface area contributed by atoms with E-state index in [0.717, 1.165) is 32.1 Å². The molecule has 0 bridgehead atoms. The van der Waals surface area contributed by atoms with Crippen molar-refractivity contribution in [1.82, 2.24) is 0 Å². The number of hydrogen-bond acceptors (Lipinski definition) is 8. The summed E-state index contributed by atoms with van der Waals surface area (Å²) in [5, 5.41) is 8.87. The lowest BCUT2D eigenvalue weighted by molar-refractivity contribution is -0.153. The Morgan fingerprint density at radius 3 is 1.40 bits per heavy atom. The number of phosphoric ester groups is 1. The van der Waals surface area contributed by atoms with Gasteiger partial charge in [0, 0.05) is 6.42 Å². The topological polar surface area (TPSA) is 155 Å². The van der Waals surface area contributed by atoms with Crippen molar-refractivity contribution in [2.45, 2.75) is 219 Å². The second-order valence-electron chi connectivity index (χ2n) is 14.6. The highest BCUT2D eigenvalue weighted by molar-refractivity contribution is 7.47. The first-order valence-corrected chi connectivity index (χ1v) is 22.8. The predicted octanol–water partition coefficient (Wildman–Crippen LogP) is 11.7. The molecule has 0 aliphatic heterocycles. The van der Waals surface area contributed by atoms with Crippen molar-refractivity contribution < 1.29 is 42.7 Å². The highest BCUT2D eigenvalue weighted by Crippen LogP contribution is 2.43. The molecule has 0 spiro atoms. The molecule has 11 heteroatoms. The monoisotopic (exact) mass is 762 g/mol. The molecule has 308 valence electrons. The molecule has 0 aromatic rings. The molecule has 0 fully saturated rings. The number of carbonyl (C=O) groups is 2. The van der Waals surface area contributed by atoms with E-state index in [1.54, 1.807) is 6.26 Å². The molecule has 0 heterocycles. The predicted molar refractivity (Wildman–Crippen MR) is 212 cm³/mol. The second-order valence-corrected chi connectivity index (χ2v) is 16.0. The van der Waals surface area contributed by atoms with Crippen molar-refractivity contribution in [3.05, 3.63) is 12.3 Å². The average Bonchev–Trinajstić information content (AvgIpc) is 3.12. The van der Waals surface area contributed by atoms with Crippen LogP contribution in [0, 0.1) is 0 Å². The van der Waals surface area contributed by atoms with E-state index in [2.05, 4.69) is 13.8 Å². The van der Waals surface area contributed by atoms with Crippen LogP contribution in [0.1, 0.15) is 206 Å². The number of nitrogens with two attached hydrogens (primary N) is 1. The fourth-order valence-electron chi connectivity index (χ4n) is 6.04. The van der Waals surface area contributed by atoms with Crippen LogP contribution in [0.2, 0.25) is 0 Å². The van der Waals surface area contributed by atoms with Gasteiger partial charge in [0.15, 0.2) is 6.10 Å². The molecule has 0 radical (unpaired) electrons. The van der Waals surface area contributed by atoms with E-state index in [-0.39, 0.29) is 13.0 Å². The summed E-state index contributed by atoms with van der Waals surface area (Å²) in [7, 11) is -4.62. The third kappa shape index (κ3) is 36.9.